The van der Waals surface area contributed by atoms with Gasteiger partial charge in [-0.25, -0.2) is 0 Å². The molecule has 0 spiro atoms. The molecule has 0 radical (unpaired) electrons. The molecule has 3 rings (SSSR count). The van der Waals surface area contributed by atoms with Gasteiger partial charge in [0.05, 0.1) is 6.10 Å². The van der Waals surface area contributed by atoms with Gasteiger partial charge in [-0.1, -0.05) is 12.1 Å². The summed E-state index contributed by atoms with van der Waals surface area (Å²) in [5.41, 5.74) is 2.74. The number of nitrogens with zero attached hydrogens (tertiary/aromatic N) is 1. The van der Waals surface area contributed by atoms with Gasteiger partial charge in [-0.3, -0.25) is 0 Å². The predicted molar refractivity (Wildman–Crippen MR) is 87.6 cm³/mol. The largest absolute Gasteiger partial charge is 0.393 e. The highest BCUT2D eigenvalue weighted by atomic mass is 16.3. The fourth-order valence-electron chi connectivity index (χ4n) is 3.57. The lowest BCUT2D eigenvalue weighted by molar-refractivity contribution is 0.108. The summed E-state index contributed by atoms with van der Waals surface area (Å²) in [6, 6.07) is 9.04. The van der Waals surface area contributed by atoms with Gasteiger partial charge >= 0.3 is 0 Å². The van der Waals surface area contributed by atoms with Gasteiger partial charge in [0.1, 0.15) is 0 Å². The third-order valence-corrected chi connectivity index (χ3v) is 4.99. The number of benzene rings is 1. The first-order chi connectivity index (χ1) is 10.3. The van der Waals surface area contributed by atoms with Crippen molar-refractivity contribution in [2.45, 2.75) is 51.2 Å². The van der Waals surface area contributed by atoms with Crippen LogP contribution < -0.4 is 10.2 Å². The SMILES string of the molecule is OC1CCC(CNCc2ccc(N3CCCC3)cc2)CC1. The van der Waals surface area contributed by atoms with Gasteiger partial charge in [0, 0.05) is 25.3 Å². The zero-order chi connectivity index (χ0) is 14.5. The number of anilines is 1. The maximum absolute atomic E-state index is 9.52. The van der Waals surface area contributed by atoms with E-state index in [0.29, 0.717) is 0 Å². The number of nitrogens with one attached hydrogen (secondary N) is 1. The van der Waals surface area contributed by atoms with Crippen LogP contribution in [0, 0.1) is 5.92 Å². The molecule has 1 aromatic rings. The van der Waals surface area contributed by atoms with Gasteiger partial charge in [-0.2, -0.15) is 0 Å². The molecule has 2 N–H and O–H groups in total. The third-order valence-electron chi connectivity index (χ3n) is 4.99. The Morgan fingerprint density at radius 3 is 2.33 bits per heavy atom. The molecule has 1 saturated carbocycles. The summed E-state index contributed by atoms with van der Waals surface area (Å²) in [4.78, 5) is 2.48. The van der Waals surface area contributed by atoms with E-state index >= 15 is 0 Å². The maximum atomic E-state index is 9.52. The summed E-state index contributed by atoms with van der Waals surface area (Å²) < 4.78 is 0. The minimum atomic E-state index is -0.0422. The molecule has 21 heavy (non-hydrogen) atoms. The van der Waals surface area contributed by atoms with Crippen molar-refractivity contribution in [1.29, 1.82) is 0 Å². The smallest absolute Gasteiger partial charge is 0.0540 e. The number of hydrogen-bond donors (Lipinski definition) is 2. The molecule has 1 aliphatic carbocycles. The van der Waals surface area contributed by atoms with Crippen molar-refractivity contribution in [3.8, 4) is 0 Å². The van der Waals surface area contributed by atoms with Crippen LogP contribution in [0.3, 0.4) is 0 Å². The first-order valence-corrected chi connectivity index (χ1v) is 8.54. The molecule has 116 valence electrons. The van der Waals surface area contributed by atoms with Crippen LogP contribution in [-0.2, 0) is 6.54 Å². The quantitative estimate of drug-likeness (QED) is 0.874. The second-order valence-electron chi connectivity index (χ2n) is 6.67. The molecular weight excluding hydrogens is 260 g/mol. The van der Waals surface area contributed by atoms with Crippen LogP contribution in [0.1, 0.15) is 44.1 Å². The molecule has 3 heteroatoms. The standard InChI is InChI=1S/C18H28N2O/c21-18-9-5-16(6-10-18)14-19-13-15-3-7-17(8-4-15)20-11-1-2-12-20/h3-4,7-8,16,18-19,21H,1-2,5-6,9-14H2. The summed E-state index contributed by atoms with van der Waals surface area (Å²) in [5, 5.41) is 13.1. The lowest BCUT2D eigenvalue weighted by Gasteiger charge is -2.25. The molecular formula is C18H28N2O. The van der Waals surface area contributed by atoms with E-state index < -0.39 is 0 Å². The summed E-state index contributed by atoms with van der Waals surface area (Å²) in [6.07, 6.45) is 6.93. The Morgan fingerprint density at radius 2 is 1.67 bits per heavy atom. The summed E-state index contributed by atoms with van der Waals surface area (Å²) in [6.45, 7) is 4.47. The molecule has 0 unspecified atom stereocenters. The molecule has 0 amide bonds. The van der Waals surface area contributed by atoms with Gasteiger partial charge in [0.25, 0.3) is 0 Å². The van der Waals surface area contributed by atoms with Crippen molar-refractivity contribution in [2.75, 3.05) is 24.5 Å². The fraction of sp³-hybridized carbons (Fsp3) is 0.667. The van der Waals surface area contributed by atoms with Crippen molar-refractivity contribution < 1.29 is 5.11 Å². The van der Waals surface area contributed by atoms with Crippen LogP contribution in [0.2, 0.25) is 0 Å². The molecule has 2 aliphatic rings. The van der Waals surface area contributed by atoms with Gasteiger partial charge in [-0.05, 0) is 68.7 Å². The Kier molecular flexibility index (Phi) is 5.15. The van der Waals surface area contributed by atoms with Crippen molar-refractivity contribution in [1.82, 2.24) is 5.32 Å². The second-order valence-corrected chi connectivity index (χ2v) is 6.67. The Bertz CT molecular complexity index is 417. The van der Waals surface area contributed by atoms with Crippen LogP contribution in [0.4, 0.5) is 5.69 Å². The molecule has 0 bridgehead atoms. The average molecular weight is 288 g/mol. The van der Waals surface area contributed by atoms with E-state index in [1.165, 1.54) is 50.0 Å². The molecule has 1 heterocycles. The normalized spacial score (nSPS) is 26.2. The molecule has 1 saturated heterocycles. The monoisotopic (exact) mass is 288 g/mol. The maximum Gasteiger partial charge on any atom is 0.0540 e. The summed E-state index contributed by atoms with van der Waals surface area (Å²) >= 11 is 0. The van der Waals surface area contributed by atoms with Gasteiger partial charge in [0.2, 0.25) is 0 Å². The number of aliphatic hydroxyl groups excluding tert-OH is 1. The van der Waals surface area contributed by atoms with Crippen LogP contribution in [0.15, 0.2) is 24.3 Å². The number of aliphatic hydroxyl groups is 1. The van der Waals surface area contributed by atoms with Crippen molar-refractivity contribution in [2.24, 2.45) is 5.92 Å². The van der Waals surface area contributed by atoms with E-state index in [1.54, 1.807) is 0 Å². The zero-order valence-corrected chi connectivity index (χ0v) is 12.9. The Labute approximate surface area is 128 Å². The van der Waals surface area contributed by atoms with E-state index in [4.69, 9.17) is 0 Å². The van der Waals surface area contributed by atoms with E-state index in [-0.39, 0.29) is 6.10 Å². The van der Waals surface area contributed by atoms with Gasteiger partial charge < -0.3 is 15.3 Å². The van der Waals surface area contributed by atoms with Gasteiger partial charge in [0.15, 0.2) is 0 Å². The zero-order valence-electron chi connectivity index (χ0n) is 12.9. The predicted octanol–water partition coefficient (Wildman–Crippen LogP) is 2.93. The Morgan fingerprint density at radius 1 is 1.00 bits per heavy atom. The van der Waals surface area contributed by atoms with Crippen LogP contribution in [0.5, 0.6) is 0 Å². The molecule has 3 nitrogen and oxygen atoms in total. The summed E-state index contributed by atoms with van der Waals surface area (Å²) in [7, 11) is 0. The fourth-order valence-corrected chi connectivity index (χ4v) is 3.57. The third kappa shape index (κ3) is 4.21. The topological polar surface area (TPSA) is 35.5 Å². The lowest BCUT2D eigenvalue weighted by atomic mass is 9.87. The first kappa shape index (κ1) is 14.9. The Hall–Kier alpha value is -1.06. The average Bonchev–Trinajstić information content (AvgIpc) is 3.04. The first-order valence-electron chi connectivity index (χ1n) is 8.54. The summed E-state index contributed by atoms with van der Waals surface area (Å²) in [5.74, 6) is 0.747. The minimum Gasteiger partial charge on any atom is -0.393 e. The van der Waals surface area contributed by atoms with E-state index in [2.05, 4.69) is 34.5 Å². The van der Waals surface area contributed by atoms with Crippen LogP contribution in [-0.4, -0.2) is 30.8 Å². The second kappa shape index (κ2) is 7.28. The van der Waals surface area contributed by atoms with E-state index in [9.17, 15) is 5.11 Å². The molecule has 0 aromatic heterocycles. The van der Waals surface area contributed by atoms with Crippen LogP contribution >= 0.6 is 0 Å². The number of hydrogen-bond acceptors (Lipinski definition) is 3. The highest BCUT2D eigenvalue weighted by Gasteiger charge is 2.18. The van der Waals surface area contributed by atoms with Crippen molar-refractivity contribution in [3.63, 3.8) is 0 Å². The van der Waals surface area contributed by atoms with Crippen molar-refractivity contribution in [3.05, 3.63) is 29.8 Å². The highest BCUT2D eigenvalue weighted by molar-refractivity contribution is 5.48. The Balaban J connectivity index is 1.41. The molecule has 2 fully saturated rings. The van der Waals surface area contributed by atoms with Gasteiger partial charge in [-0.15, -0.1) is 0 Å². The van der Waals surface area contributed by atoms with E-state index in [1.807, 2.05) is 0 Å². The molecule has 1 aliphatic heterocycles. The van der Waals surface area contributed by atoms with Crippen molar-refractivity contribution >= 4 is 5.69 Å². The van der Waals surface area contributed by atoms with E-state index in [0.717, 1.165) is 31.8 Å². The molecule has 1 aromatic carbocycles. The van der Waals surface area contributed by atoms with Crippen LogP contribution in [0.25, 0.3) is 0 Å². The minimum absolute atomic E-state index is 0.0422. The number of rotatable bonds is 5. The molecule has 0 atom stereocenters. The lowest BCUT2D eigenvalue weighted by Crippen LogP contribution is -2.27. The highest BCUT2D eigenvalue weighted by Crippen LogP contribution is 2.24.